The first-order valence-corrected chi connectivity index (χ1v) is 6.02. The van der Waals surface area contributed by atoms with Crippen molar-refractivity contribution >= 4 is 11.0 Å². The summed E-state index contributed by atoms with van der Waals surface area (Å²) in [6.45, 7) is 3.15. The Bertz CT molecular complexity index is 502. The third-order valence-corrected chi connectivity index (χ3v) is 2.95. The van der Waals surface area contributed by atoms with Crippen molar-refractivity contribution in [2.24, 2.45) is 5.73 Å². The molecule has 0 saturated heterocycles. The summed E-state index contributed by atoms with van der Waals surface area (Å²) in [6, 6.07) is 6.33. The number of furan rings is 1. The lowest BCUT2D eigenvalue weighted by atomic mass is 10.1. The molecule has 3 heteroatoms. The van der Waals surface area contributed by atoms with Crippen LogP contribution < -0.4 is 5.73 Å². The van der Waals surface area contributed by atoms with Crippen molar-refractivity contribution in [3.8, 4) is 0 Å². The zero-order valence-corrected chi connectivity index (χ0v) is 10.5. The van der Waals surface area contributed by atoms with Gasteiger partial charge in [0, 0.05) is 18.1 Å². The first-order chi connectivity index (χ1) is 8.30. The molecule has 1 aromatic heterocycles. The highest BCUT2D eigenvalue weighted by Crippen LogP contribution is 2.27. The molecule has 0 aliphatic heterocycles. The van der Waals surface area contributed by atoms with E-state index in [4.69, 9.17) is 14.9 Å². The van der Waals surface area contributed by atoms with Crippen LogP contribution in [0.15, 0.2) is 22.6 Å². The Hall–Kier alpha value is -1.32. The summed E-state index contributed by atoms with van der Waals surface area (Å²) in [5.74, 6) is 0.829. The van der Waals surface area contributed by atoms with E-state index in [0.29, 0.717) is 13.2 Å². The van der Waals surface area contributed by atoms with Gasteiger partial charge in [-0.2, -0.15) is 0 Å². The third-order valence-electron chi connectivity index (χ3n) is 2.95. The lowest BCUT2D eigenvalue weighted by molar-refractivity contribution is 0.184. The minimum atomic E-state index is 0.413. The summed E-state index contributed by atoms with van der Waals surface area (Å²) in [4.78, 5) is 0. The Morgan fingerprint density at radius 1 is 1.35 bits per heavy atom. The van der Waals surface area contributed by atoms with Gasteiger partial charge in [0.25, 0.3) is 0 Å². The van der Waals surface area contributed by atoms with E-state index < -0.39 is 0 Å². The van der Waals surface area contributed by atoms with E-state index in [1.165, 1.54) is 5.56 Å². The van der Waals surface area contributed by atoms with Gasteiger partial charge in [-0.1, -0.05) is 19.4 Å². The Kier molecular flexibility index (Phi) is 3.82. The lowest BCUT2D eigenvalue weighted by Crippen LogP contribution is -1.99. The van der Waals surface area contributed by atoms with E-state index in [-0.39, 0.29) is 0 Å². The predicted molar refractivity (Wildman–Crippen MR) is 68.8 cm³/mol. The Balaban J connectivity index is 2.52. The van der Waals surface area contributed by atoms with Crippen molar-refractivity contribution in [3.63, 3.8) is 0 Å². The highest BCUT2D eigenvalue weighted by atomic mass is 16.5. The zero-order valence-electron chi connectivity index (χ0n) is 10.5. The fraction of sp³-hybridized carbons (Fsp3) is 0.429. The summed E-state index contributed by atoms with van der Waals surface area (Å²) < 4.78 is 11.0. The highest BCUT2D eigenvalue weighted by Gasteiger charge is 2.13. The van der Waals surface area contributed by atoms with Gasteiger partial charge in [0.15, 0.2) is 0 Å². The summed E-state index contributed by atoms with van der Waals surface area (Å²) in [7, 11) is 1.69. The lowest BCUT2D eigenvalue weighted by Gasteiger charge is -2.01. The maximum absolute atomic E-state index is 5.73. The normalized spacial score (nSPS) is 11.2. The van der Waals surface area contributed by atoms with Crippen molar-refractivity contribution in [1.29, 1.82) is 0 Å². The monoisotopic (exact) mass is 233 g/mol. The van der Waals surface area contributed by atoms with Gasteiger partial charge < -0.3 is 14.9 Å². The average Bonchev–Trinajstić information content (AvgIpc) is 2.68. The van der Waals surface area contributed by atoms with E-state index >= 15 is 0 Å². The van der Waals surface area contributed by atoms with Crippen LogP contribution in [-0.2, 0) is 24.3 Å². The molecule has 0 amide bonds. The highest BCUT2D eigenvalue weighted by molar-refractivity contribution is 5.83. The Morgan fingerprint density at radius 2 is 2.18 bits per heavy atom. The van der Waals surface area contributed by atoms with Gasteiger partial charge in [0.1, 0.15) is 11.3 Å². The summed E-state index contributed by atoms with van der Waals surface area (Å²) in [5.41, 5.74) is 9.01. The molecule has 17 heavy (non-hydrogen) atoms. The molecule has 2 rings (SSSR count). The summed E-state index contributed by atoms with van der Waals surface area (Å²) in [6.07, 6.45) is 2.23. The van der Waals surface area contributed by atoms with E-state index in [1.54, 1.807) is 7.11 Å². The van der Waals surface area contributed by atoms with Gasteiger partial charge >= 0.3 is 0 Å². The van der Waals surface area contributed by atoms with Gasteiger partial charge in [-0.3, -0.25) is 0 Å². The molecule has 2 aromatic rings. The molecule has 0 bridgehead atoms. The standard InChI is InChI=1S/C14H19NO2/c1-3-4-10-5-6-13-11(7-10)12(9-16-2)14(8-15)17-13/h5-7H,3-4,8-9,15H2,1-2H3. The molecule has 3 nitrogen and oxygen atoms in total. The van der Waals surface area contributed by atoms with Crippen LogP contribution in [0.25, 0.3) is 11.0 Å². The zero-order chi connectivity index (χ0) is 12.3. The maximum atomic E-state index is 5.73. The van der Waals surface area contributed by atoms with Crippen molar-refractivity contribution < 1.29 is 9.15 Å². The number of hydrogen-bond acceptors (Lipinski definition) is 3. The van der Waals surface area contributed by atoms with Crippen LogP contribution in [-0.4, -0.2) is 7.11 Å². The van der Waals surface area contributed by atoms with Crippen LogP contribution in [0, 0.1) is 0 Å². The predicted octanol–water partition coefficient (Wildman–Crippen LogP) is 2.99. The number of rotatable bonds is 5. The van der Waals surface area contributed by atoms with Gasteiger partial charge in [-0.05, 0) is 24.1 Å². The molecule has 0 aliphatic rings. The van der Waals surface area contributed by atoms with Gasteiger partial charge in [-0.15, -0.1) is 0 Å². The first-order valence-electron chi connectivity index (χ1n) is 6.02. The number of aryl methyl sites for hydroxylation is 1. The van der Waals surface area contributed by atoms with Crippen LogP contribution in [0.2, 0.25) is 0 Å². The number of nitrogens with two attached hydrogens (primary N) is 1. The summed E-state index contributed by atoms with van der Waals surface area (Å²) in [5, 5.41) is 1.14. The van der Waals surface area contributed by atoms with Crippen molar-refractivity contribution in [2.45, 2.75) is 32.9 Å². The van der Waals surface area contributed by atoms with Crippen LogP contribution in [0.5, 0.6) is 0 Å². The van der Waals surface area contributed by atoms with Crippen LogP contribution >= 0.6 is 0 Å². The van der Waals surface area contributed by atoms with E-state index in [2.05, 4.69) is 19.1 Å². The molecule has 1 heterocycles. The molecule has 0 fully saturated rings. The van der Waals surface area contributed by atoms with Crippen LogP contribution in [0.1, 0.15) is 30.2 Å². The second-order valence-corrected chi connectivity index (χ2v) is 4.22. The van der Waals surface area contributed by atoms with E-state index in [0.717, 1.165) is 35.1 Å². The van der Waals surface area contributed by atoms with E-state index in [1.807, 2.05) is 6.07 Å². The summed E-state index contributed by atoms with van der Waals surface area (Å²) >= 11 is 0. The van der Waals surface area contributed by atoms with Gasteiger partial charge in [0.2, 0.25) is 0 Å². The van der Waals surface area contributed by atoms with Crippen LogP contribution in [0.4, 0.5) is 0 Å². The smallest absolute Gasteiger partial charge is 0.134 e. The van der Waals surface area contributed by atoms with Crippen molar-refractivity contribution in [3.05, 3.63) is 35.1 Å². The number of ether oxygens (including phenoxy) is 1. The minimum Gasteiger partial charge on any atom is -0.459 e. The minimum absolute atomic E-state index is 0.413. The first kappa shape index (κ1) is 12.1. The quantitative estimate of drug-likeness (QED) is 0.863. The fourth-order valence-corrected chi connectivity index (χ4v) is 2.16. The molecular formula is C14H19NO2. The Morgan fingerprint density at radius 3 is 2.82 bits per heavy atom. The molecule has 2 N–H and O–H groups in total. The average molecular weight is 233 g/mol. The largest absolute Gasteiger partial charge is 0.459 e. The molecule has 0 spiro atoms. The maximum Gasteiger partial charge on any atom is 0.134 e. The van der Waals surface area contributed by atoms with Crippen molar-refractivity contribution in [2.75, 3.05) is 7.11 Å². The second kappa shape index (κ2) is 5.34. The topological polar surface area (TPSA) is 48.4 Å². The SMILES string of the molecule is CCCc1ccc2oc(CN)c(COC)c2c1. The third kappa shape index (κ3) is 2.35. The number of methoxy groups -OCH3 is 1. The molecule has 0 saturated carbocycles. The van der Waals surface area contributed by atoms with Gasteiger partial charge in [0.05, 0.1) is 13.2 Å². The number of hydrogen-bond donors (Lipinski definition) is 1. The Labute approximate surface area is 102 Å². The van der Waals surface area contributed by atoms with E-state index in [9.17, 15) is 0 Å². The number of fused-ring (bicyclic) bond motifs is 1. The molecule has 0 aliphatic carbocycles. The molecule has 0 radical (unpaired) electrons. The number of benzene rings is 1. The van der Waals surface area contributed by atoms with Gasteiger partial charge in [-0.25, -0.2) is 0 Å². The molecule has 1 aromatic carbocycles. The molecular weight excluding hydrogens is 214 g/mol. The van der Waals surface area contributed by atoms with Crippen LogP contribution in [0.3, 0.4) is 0 Å². The second-order valence-electron chi connectivity index (χ2n) is 4.22. The molecule has 92 valence electrons. The molecule has 0 unspecified atom stereocenters. The molecule has 0 atom stereocenters. The fourth-order valence-electron chi connectivity index (χ4n) is 2.16. The van der Waals surface area contributed by atoms with Crippen molar-refractivity contribution in [1.82, 2.24) is 0 Å².